The number of fused-ring (bicyclic) bond motifs is 16. The second-order valence-corrected chi connectivity index (χ2v) is 15.0. The molecule has 0 radical (unpaired) electrons. The van der Waals surface area contributed by atoms with Crippen molar-refractivity contribution < 1.29 is 4.42 Å². The van der Waals surface area contributed by atoms with E-state index in [0.717, 1.165) is 27.5 Å². The fraction of sp³-hybridized carbons (Fsp3) is 0. The first-order valence-electron chi connectivity index (χ1n) is 17.8. The van der Waals surface area contributed by atoms with Crippen molar-refractivity contribution in [1.82, 2.24) is 0 Å². The van der Waals surface area contributed by atoms with E-state index in [2.05, 4.69) is 170 Å². The summed E-state index contributed by atoms with van der Waals surface area (Å²) in [5.41, 5.74) is 6.54. The molecule has 12 aromatic rings. The SMILES string of the molecule is c1ccc2c(-c3ccc4c(c3)oc3cc(-c5ccc6c(c5)c5ccccc5c5c6ccc6c7ccc8ccccc8c7sc65)ccc34)cccc2c1. The number of hydrogen-bond donors (Lipinski definition) is 0. The minimum atomic E-state index is 0.908. The molecule has 2 heteroatoms. The molecule has 0 saturated carbocycles. The normalized spacial score (nSPS) is 12.2. The van der Waals surface area contributed by atoms with Crippen LogP contribution in [0.15, 0.2) is 174 Å². The van der Waals surface area contributed by atoms with Crippen molar-refractivity contribution in [3.63, 3.8) is 0 Å². The van der Waals surface area contributed by atoms with Gasteiger partial charge >= 0.3 is 0 Å². The molecule has 0 N–H and O–H groups in total. The zero-order valence-electron chi connectivity index (χ0n) is 28.0. The van der Waals surface area contributed by atoms with E-state index in [1.165, 1.54) is 90.7 Å². The van der Waals surface area contributed by atoms with Crippen LogP contribution in [0.1, 0.15) is 0 Å². The molecule has 2 heterocycles. The van der Waals surface area contributed by atoms with E-state index >= 15 is 0 Å². The van der Waals surface area contributed by atoms with Crippen LogP contribution in [0, 0.1) is 0 Å². The predicted octanol–water partition coefficient (Wildman–Crippen LogP) is 15.1. The first kappa shape index (κ1) is 28.2. The van der Waals surface area contributed by atoms with Gasteiger partial charge < -0.3 is 4.42 Å². The fourth-order valence-corrected chi connectivity index (χ4v) is 10.2. The van der Waals surface area contributed by atoms with Crippen LogP contribution in [-0.2, 0) is 0 Å². The molecule has 2 aromatic heterocycles. The van der Waals surface area contributed by atoms with E-state index in [-0.39, 0.29) is 0 Å². The van der Waals surface area contributed by atoms with Crippen molar-refractivity contribution in [1.29, 1.82) is 0 Å². The predicted molar refractivity (Wildman–Crippen MR) is 225 cm³/mol. The van der Waals surface area contributed by atoms with Gasteiger partial charge in [0.25, 0.3) is 0 Å². The molecule has 1 nitrogen and oxygen atoms in total. The Bertz CT molecular complexity index is 3440. The Balaban J connectivity index is 1.03. The zero-order chi connectivity index (χ0) is 33.9. The van der Waals surface area contributed by atoms with Crippen molar-refractivity contribution in [3.8, 4) is 22.3 Å². The second-order valence-electron chi connectivity index (χ2n) is 14.0. The van der Waals surface area contributed by atoms with Gasteiger partial charge in [0.05, 0.1) is 0 Å². The molecule has 0 atom stereocenters. The van der Waals surface area contributed by atoms with Gasteiger partial charge in [-0.3, -0.25) is 0 Å². The van der Waals surface area contributed by atoms with Crippen LogP contribution in [0.2, 0.25) is 0 Å². The highest BCUT2D eigenvalue weighted by molar-refractivity contribution is 7.27. The Morgan fingerprint density at radius 1 is 0.308 bits per heavy atom. The van der Waals surface area contributed by atoms with Gasteiger partial charge in [0, 0.05) is 36.3 Å². The molecule has 0 saturated heterocycles. The highest BCUT2D eigenvalue weighted by Gasteiger charge is 2.17. The average Bonchev–Trinajstić information content (AvgIpc) is 3.78. The first-order chi connectivity index (χ1) is 25.8. The van der Waals surface area contributed by atoms with E-state index < -0.39 is 0 Å². The molecular weight excluding hydrogens is 649 g/mol. The third-order valence-electron chi connectivity index (χ3n) is 11.2. The highest BCUT2D eigenvalue weighted by Crippen LogP contribution is 2.46. The molecule has 12 rings (SSSR count). The molecule has 52 heavy (non-hydrogen) atoms. The third kappa shape index (κ3) is 3.93. The molecule has 240 valence electrons. The van der Waals surface area contributed by atoms with Gasteiger partial charge in [-0.15, -0.1) is 11.3 Å². The Hall–Kier alpha value is -6.48. The van der Waals surface area contributed by atoms with Gasteiger partial charge in [-0.2, -0.15) is 0 Å². The summed E-state index contributed by atoms with van der Waals surface area (Å²) in [7, 11) is 0. The molecule has 0 amide bonds. The van der Waals surface area contributed by atoms with Gasteiger partial charge in [-0.05, 0) is 101 Å². The molecule has 10 aromatic carbocycles. The number of hydrogen-bond acceptors (Lipinski definition) is 2. The number of furan rings is 1. The van der Waals surface area contributed by atoms with E-state index in [1.807, 2.05) is 11.3 Å². The van der Waals surface area contributed by atoms with Gasteiger partial charge in [0.15, 0.2) is 0 Å². The minimum Gasteiger partial charge on any atom is -0.456 e. The topological polar surface area (TPSA) is 13.1 Å². The lowest BCUT2D eigenvalue weighted by Crippen LogP contribution is -1.85. The molecular formula is C50H28OS. The molecule has 0 spiro atoms. The number of thiophene rings is 1. The Morgan fingerprint density at radius 2 is 0.827 bits per heavy atom. The lowest BCUT2D eigenvalue weighted by molar-refractivity contribution is 0.669. The van der Waals surface area contributed by atoms with Gasteiger partial charge in [-0.1, -0.05) is 140 Å². The summed E-state index contributed by atoms with van der Waals surface area (Å²) < 4.78 is 9.33. The van der Waals surface area contributed by atoms with Crippen molar-refractivity contribution >= 4 is 107 Å². The van der Waals surface area contributed by atoms with Crippen LogP contribution >= 0.6 is 11.3 Å². The minimum absolute atomic E-state index is 0.908. The van der Waals surface area contributed by atoms with E-state index in [9.17, 15) is 0 Å². The molecule has 0 aliphatic heterocycles. The average molecular weight is 677 g/mol. The van der Waals surface area contributed by atoms with Crippen LogP contribution in [0.3, 0.4) is 0 Å². The summed E-state index contributed by atoms with van der Waals surface area (Å²) in [4.78, 5) is 0. The summed E-state index contributed by atoms with van der Waals surface area (Å²) in [6.07, 6.45) is 0. The molecule has 0 aliphatic rings. The standard InChI is InChI=1S/C50H28OS/c1-3-11-34-29(8-1)10-7-15-35(34)33-19-22-40-39-21-18-32(27-46(39)51-47(40)28-33)31-17-20-38-42-24-25-44-43-23-16-30-9-2-4-12-36(30)49(43)52-50(44)48(42)41-14-6-5-13-37(41)45(38)26-31/h1-28H. The Morgan fingerprint density at radius 3 is 1.65 bits per heavy atom. The third-order valence-corrected chi connectivity index (χ3v) is 12.5. The van der Waals surface area contributed by atoms with Crippen LogP contribution in [0.5, 0.6) is 0 Å². The molecule has 0 bridgehead atoms. The van der Waals surface area contributed by atoms with E-state index in [4.69, 9.17) is 4.42 Å². The summed E-state index contributed by atoms with van der Waals surface area (Å²) in [6.45, 7) is 0. The fourth-order valence-electron chi connectivity index (χ4n) is 8.78. The van der Waals surface area contributed by atoms with Crippen LogP contribution in [0.25, 0.3) is 118 Å². The quantitative estimate of drug-likeness (QED) is 0.166. The van der Waals surface area contributed by atoms with Crippen LogP contribution in [-0.4, -0.2) is 0 Å². The van der Waals surface area contributed by atoms with E-state index in [0.29, 0.717) is 0 Å². The van der Waals surface area contributed by atoms with Gasteiger partial charge in [-0.25, -0.2) is 0 Å². The van der Waals surface area contributed by atoms with Crippen molar-refractivity contribution in [2.75, 3.05) is 0 Å². The van der Waals surface area contributed by atoms with Crippen molar-refractivity contribution in [2.45, 2.75) is 0 Å². The summed E-state index contributed by atoms with van der Waals surface area (Å²) in [5.74, 6) is 0. The van der Waals surface area contributed by atoms with E-state index in [1.54, 1.807) is 0 Å². The zero-order valence-corrected chi connectivity index (χ0v) is 28.8. The maximum Gasteiger partial charge on any atom is 0.136 e. The number of benzene rings is 10. The van der Waals surface area contributed by atoms with Crippen LogP contribution in [0.4, 0.5) is 0 Å². The summed E-state index contributed by atoms with van der Waals surface area (Å²) in [5, 5.41) is 17.9. The lowest BCUT2D eigenvalue weighted by Gasteiger charge is -2.13. The first-order valence-corrected chi connectivity index (χ1v) is 18.6. The van der Waals surface area contributed by atoms with Crippen LogP contribution < -0.4 is 0 Å². The Kier molecular flexibility index (Phi) is 5.71. The maximum atomic E-state index is 6.60. The summed E-state index contributed by atoms with van der Waals surface area (Å²) in [6, 6.07) is 62.3. The van der Waals surface area contributed by atoms with Crippen molar-refractivity contribution in [3.05, 3.63) is 170 Å². The largest absolute Gasteiger partial charge is 0.456 e. The smallest absolute Gasteiger partial charge is 0.136 e. The molecule has 0 aliphatic carbocycles. The molecule has 0 fully saturated rings. The monoisotopic (exact) mass is 676 g/mol. The highest BCUT2D eigenvalue weighted by atomic mass is 32.1. The molecule has 0 unspecified atom stereocenters. The van der Waals surface area contributed by atoms with Gasteiger partial charge in [0.1, 0.15) is 11.2 Å². The maximum absolute atomic E-state index is 6.60. The van der Waals surface area contributed by atoms with Crippen molar-refractivity contribution in [2.24, 2.45) is 0 Å². The van der Waals surface area contributed by atoms with Gasteiger partial charge in [0.2, 0.25) is 0 Å². The number of rotatable bonds is 2. The summed E-state index contributed by atoms with van der Waals surface area (Å²) >= 11 is 1.94. The Labute approximate surface area is 302 Å². The lowest BCUT2D eigenvalue weighted by atomic mass is 9.91. The second kappa shape index (κ2) is 10.5.